The van der Waals surface area contributed by atoms with Crippen molar-refractivity contribution < 1.29 is 23.9 Å². The molecule has 1 aliphatic carbocycles. The molecule has 0 spiro atoms. The molecule has 1 heterocycles. The van der Waals surface area contributed by atoms with Gasteiger partial charge in [0.05, 0.1) is 12.5 Å². The van der Waals surface area contributed by atoms with Crippen LogP contribution in [0.1, 0.15) is 59.8 Å². The summed E-state index contributed by atoms with van der Waals surface area (Å²) in [5.74, 6) is -0.712. The van der Waals surface area contributed by atoms with E-state index in [9.17, 15) is 14.4 Å². The molecule has 2 atom stereocenters. The van der Waals surface area contributed by atoms with Crippen molar-refractivity contribution in [1.29, 1.82) is 0 Å². The van der Waals surface area contributed by atoms with Gasteiger partial charge in [-0.3, -0.25) is 9.59 Å². The van der Waals surface area contributed by atoms with Crippen LogP contribution in [0.25, 0.3) is 0 Å². The van der Waals surface area contributed by atoms with Gasteiger partial charge in [-0.25, -0.2) is 9.69 Å². The van der Waals surface area contributed by atoms with Crippen LogP contribution in [0.15, 0.2) is 0 Å². The number of rotatable bonds is 6. The summed E-state index contributed by atoms with van der Waals surface area (Å²) in [7, 11) is 0. The second-order valence-electron chi connectivity index (χ2n) is 7.51. The van der Waals surface area contributed by atoms with Crippen LogP contribution in [0.3, 0.4) is 0 Å². The summed E-state index contributed by atoms with van der Waals surface area (Å²) in [5.41, 5.74) is -0.581. The number of hydrogen-bond donors (Lipinski definition) is 0. The Kier molecular flexibility index (Phi) is 5.32. The van der Waals surface area contributed by atoms with Gasteiger partial charge in [0.25, 0.3) is 0 Å². The van der Waals surface area contributed by atoms with E-state index < -0.39 is 23.6 Å². The van der Waals surface area contributed by atoms with E-state index in [2.05, 4.69) is 0 Å². The molecule has 6 nitrogen and oxygen atoms in total. The van der Waals surface area contributed by atoms with E-state index in [0.717, 1.165) is 12.8 Å². The average molecular weight is 325 g/mol. The number of hydrogen-bond acceptors (Lipinski definition) is 5. The van der Waals surface area contributed by atoms with Gasteiger partial charge in [0.15, 0.2) is 0 Å². The fraction of sp³-hybridized carbons (Fsp3) is 0.824. The maximum Gasteiger partial charge on any atom is 0.416 e. The van der Waals surface area contributed by atoms with Crippen molar-refractivity contribution in [1.82, 2.24) is 4.90 Å². The zero-order chi connectivity index (χ0) is 17.2. The first-order valence-corrected chi connectivity index (χ1v) is 8.43. The van der Waals surface area contributed by atoms with Crippen molar-refractivity contribution in [3.8, 4) is 0 Å². The fourth-order valence-corrected chi connectivity index (χ4v) is 2.84. The lowest BCUT2D eigenvalue weighted by atomic mass is 9.96. The highest BCUT2D eigenvalue weighted by atomic mass is 16.6. The van der Waals surface area contributed by atoms with Gasteiger partial charge >= 0.3 is 12.1 Å². The summed E-state index contributed by atoms with van der Waals surface area (Å²) in [6.45, 7) is 7.55. The maximum atomic E-state index is 12.8. The van der Waals surface area contributed by atoms with Gasteiger partial charge in [0, 0.05) is 5.92 Å². The zero-order valence-corrected chi connectivity index (χ0v) is 14.5. The first kappa shape index (κ1) is 17.8. The van der Waals surface area contributed by atoms with Gasteiger partial charge in [-0.2, -0.15) is 0 Å². The molecule has 6 heteroatoms. The van der Waals surface area contributed by atoms with Crippen LogP contribution >= 0.6 is 0 Å². The summed E-state index contributed by atoms with van der Waals surface area (Å²) in [5, 5.41) is 0. The highest BCUT2D eigenvalue weighted by Gasteiger charge is 2.42. The molecule has 2 rings (SSSR count). The van der Waals surface area contributed by atoms with Gasteiger partial charge in [-0.1, -0.05) is 19.8 Å². The average Bonchev–Trinajstić information content (AvgIpc) is 3.16. The molecule has 0 aromatic rings. The predicted octanol–water partition coefficient (Wildman–Crippen LogP) is 2.89. The number of cyclic esters (lactones) is 1. The SMILES string of the molecule is CC[C@H]1COC(=O)N1C(=O)[C@@H](CC(=O)OC(C)(C)C)CC1CC1. The van der Waals surface area contributed by atoms with Crippen LogP contribution in [0.5, 0.6) is 0 Å². The number of ether oxygens (including phenoxy) is 2. The minimum Gasteiger partial charge on any atom is -0.460 e. The normalized spacial score (nSPS) is 22.7. The Balaban J connectivity index is 2.06. The highest BCUT2D eigenvalue weighted by molar-refractivity contribution is 5.96. The van der Waals surface area contributed by atoms with Crippen LogP contribution < -0.4 is 0 Å². The molecule has 0 unspecified atom stereocenters. The predicted molar refractivity (Wildman–Crippen MR) is 83.6 cm³/mol. The molecule has 0 aromatic heterocycles. The minimum atomic E-state index is -0.591. The van der Waals surface area contributed by atoms with Crippen molar-refractivity contribution in [2.75, 3.05) is 6.61 Å². The molecule has 23 heavy (non-hydrogen) atoms. The first-order chi connectivity index (χ1) is 10.7. The molecule has 130 valence electrons. The highest BCUT2D eigenvalue weighted by Crippen LogP contribution is 2.37. The second kappa shape index (κ2) is 6.89. The van der Waals surface area contributed by atoms with E-state index in [1.54, 1.807) is 20.8 Å². The molecule has 0 bridgehead atoms. The molecule has 2 amide bonds. The number of esters is 1. The van der Waals surface area contributed by atoms with Crippen molar-refractivity contribution in [3.63, 3.8) is 0 Å². The summed E-state index contributed by atoms with van der Waals surface area (Å²) in [4.78, 5) is 38.0. The van der Waals surface area contributed by atoms with Crippen molar-refractivity contribution >= 4 is 18.0 Å². The zero-order valence-electron chi connectivity index (χ0n) is 14.5. The molecule has 0 N–H and O–H groups in total. The smallest absolute Gasteiger partial charge is 0.416 e. The van der Waals surface area contributed by atoms with Crippen molar-refractivity contribution in [3.05, 3.63) is 0 Å². The van der Waals surface area contributed by atoms with Gasteiger partial charge in [0.2, 0.25) is 5.91 Å². The third kappa shape index (κ3) is 4.94. The van der Waals surface area contributed by atoms with E-state index in [1.807, 2.05) is 6.92 Å². The van der Waals surface area contributed by atoms with Crippen LogP contribution in [-0.2, 0) is 19.1 Å². The summed E-state index contributed by atoms with van der Waals surface area (Å²) in [6.07, 6.45) is 2.89. The quantitative estimate of drug-likeness (QED) is 0.702. The van der Waals surface area contributed by atoms with Crippen LogP contribution in [-0.4, -0.2) is 41.1 Å². The molecule has 1 saturated heterocycles. The Labute approximate surface area is 137 Å². The summed E-state index contributed by atoms with van der Waals surface area (Å²) >= 11 is 0. The number of imide groups is 1. The van der Waals surface area contributed by atoms with Crippen molar-refractivity contribution in [2.45, 2.75) is 71.4 Å². The lowest BCUT2D eigenvalue weighted by molar-refractivity contribution is -0.158. The molecule has 0 radical (unpaired) electrons. The Morgan fingerprint density at radius 3 is 2.52 bits per heavy atom. The lowest BCUT2D eigenvalue weighted by Crippen LogP contribution is -2.43. The summed E-state index contributed by atoms with van der Waals surface area (Å²) in [6, 6.07) is -0.227. The number of carbonyl (C=O) groups is 3. The fourth-order valence-electron chi connectivity index (χ4n) is 2.84. The number of carbonyl (C=O) groups excluding carboxylic acids is 3. The van der Waals surface area contributed by atoms with E-state index in [-0.39, 0.29) is 25.0 Å². The van der Waals surface area contributed by atoms with Crippen LogP contribution in [0.4, 0.5) is 4.79 Å². The van der Waals surface area contributed by atoms with Crippen LogP contribution in [0, 0.1) is 11.8 Å². The summed E-state index contributed by atoms with van der Waals surface area (Å²) < 4.78 is 10.3. The topological polar surface area (TPSA) is 72.9 Å². The minimum absolute atomic E-state index is 0.0207. The Morgan fingerprint density at radius 2 is 2.00 bits per heavy atom. The van der Waals surface area contributed by atoms with E-state index >= 15 is 0 Å². The van der Waals surface area contributed by atoms with Crippen LogP contribution in [0.2, 0.25) is 0 Å². The van der Waals surface area contributed by atoms with Crippen molar-refractivity contribution in [2.24, 2.45) is 11.8 Å². The van der Waals surface area contributed by atoms with Gasteiger partial charge in [-0.15, -0.1) is 0 Å². The van der Waals surface area contributed by atoms with Gasteiger partial charge < -0.3 is 9.47 Å². The van der Waals surface area contributed by atoms with E-state index in [0.29, 0.717) is 18.8 Å². The molecular weight excluding hydrogens is 298 g/mol. The number of amides is 2. The Bertz CT molecular complexity index is 478. The molecule has 0 aromatic carbocycles. The largest absolute Gasteiger partial charge is 0.460 e. The van der Waals surface area contributed by atoms with E-state index in [4.69, 9.17) is 9.47 Å². The first-order valence-electron chi connectivity index (χ1n) is 8.43. The van der Waals surface area contributed by atoms with Gasteiger partial charge in [0.1, 0.15) is 12.2 Å². The monoisotopic (exact) mass is 325 g/mol. The number of nitrogens with zero attached hydrogens (tertiary/aromatic N) is 1. The third-order valence-corrected chi connectivity index (χ3v) is 4.17. The molecule has 2 aliphatic rings. The molecule has 1 aliphatic heterocycles. The second-order valence-corrected chi connectivity index (χ2v) is 7.51. The lowest BCUT2D eigenvalue weighted by Gasteiger charge is -2.25. The molecule has 2 fully saturated rings. The van der Waals surface area contributed by atoms with E-state index in [1.165, 1.54) is 4.90 Å². The van der Waals surface area contributed by atoms with Gasteiger partial charge in [-0.05, 0) is 39.5 Å². The molecular formula is C17H27NO5. The molecule has 1 saturated carbocycles. The maximum absolute atomic E-state index is 12.8. The third-order valence-electron chi connectivity index (χ3n) is 4.17. The Morgan fingerprint density at radius 1 is 1.35 bits per heavy atom. The standard InChI is InChI=1S/C17H27NO5/c1-5-13-10-22-16(21)18(13)15(20)12(8-11-6-7-11)9-14(19)23-17(2,3)4/h11-13H,5-10H2,1-4H3/t12-,13+/m1/s1. The Hall–Kier alpha value is -1.59.